The number of nitrogens with one attached hydrogen (secondary N) is 1. The van der Waals surface area contributed by atoms with Gasteiger partial charge < -0.3 is 20.1 Å². The minimum absolute atomic E-state index is 0.0126. The van der Waals surface area contributed by atoms with Crippen LogP contribution in [0.3, 0.4) is 0 Å². The number of carbonyl (C=O) groups is 2. The van der Waals surface area contributed by atoms with Crippen molar-refractivity contribution in [2.24, 2.45) is 5.92 Å². The van der Waals surface area contributed by atoms with Crippen molar-refractivity contribution in [3.8, 4) is 0 Å². The summed E-state index contributed by atoms with van der Waals surface area (Å²) in [6.45, 7) is 2.51. The van der Waals surface area contributed by atoms with Gasteiger partial charge in [-0.05, 0) is 69.8 Å². The molecule has 15 heteroatoms. The number of halogens is 3. The van der Waals surface area contributed by atoms with Gasteiger partial charge in [-0.15, -0.1) is 0 Å². The number of rotatable bonds is 13. The lowest BCUT2D eigenvalue weighted by molar-refractivity contribution is -0.107. The summed E-state index contributed by atoms with van der Waals surface area (Å²) in [4.78, 5) is 45.9. The van der Waals surface area contributed by atoms with Crippen LogP contribution in [-0.4, -0.2) is 70.6 Å². The first-order valence-electron chi connectivity index (χ1n) is 16.8. The van der Waals surface area contributed by atoms with Crippen molar-refractivity contribution >= 4 is 39.8 Å². The molecule has 2 aliphatic rings. The second kappa shape index (κ2) is 15.5. The zero-order valence-corrected chi connectivity index (χ0v) is 28.3. The van der Waals surface area contributed by atoms with E-state index in [4.69, 9.17) is 5.11 Å². The zero-order valence-electron chi connectivity index (χ0n) is 27.5. The molecule has 5 rings (SSSR count). The highest BCUT2D eigenvalue weighted by molar-refractivity contribution is 8.24. The Morgan fingerprint density at radius 2 is 1.86 bits per heavy atom. The van der Waals surface area contributed by atoms with E-state index in [1.807, 2.05) is 0 Å². The van der Waals surface area contributed by atoms with E-state index in [1.54, 1.807) is 13.0 Å². The van der Waals surface area contributed by atoms with Gasteiger partial charge in [0.25, 0.3) is 11.5 Å². The van der Waals surface area contributed by atoms with Gasteiger partial charge in [-0.25, -0.2) is 27.9 Å². The largest absolute Gasteiger partial charge is 0.465 e. The summed E-state index contributed by atoms with van der Waals surface area (Å²) >= 11 is 0. The van der Waals surface area contributed by atoms with Crippen LogP contribution in [0.2, 0.25) is 0 Å². The third-order valence-corrected chi connectivity index (χ3v) is 11.7. The Labute approximate surface area is 284 Å². The molecule has 1 amide bonds. The van der Waals surface area contributed by atoms with Crippen LogP contribution in [0.5, 0.6) is 0 Å². The molecule has 2 saturated heterocycles. The van der Waals surface area contributed by atoms with Crippen LogP contribution in [0.15, 0.2) is 35.4 Å². The number of aryl methyl sites for hydroxylation is 1. The van der Waals surface area contributed by atoms with Crippen LogP contribution in [0.1, 0.15) is 93.4 Å². The number of anilines is 1. The molecule has 4 heterocycles. The average Bonchev–Trinajstić information content (AvgIpc) is 3.07. The zero-order chi connectivity index (χ0) is 35.3. The topological polar surface area (TPSA) is 158 Å². The number of carboxylic acid groups (broad SMARTS) is 1. The maximum Gasteiger partial charge on any atom is 0.407 e. The van der Waals surface area contributed by atoms with Crippen molar-refractivity contribution < 1.29 is 37.0 Å². The van der Waals surface area contributed by atoms with Gasteiger partial charge in [0.1, 0.15) is 29.9 Å². The van der Waals surface area contributed by atoms with Crippen LogP contribution >= 0.6 is 10.6 Å². The molecule has 49 heavy (non-hydrogen) atoms. The quantitative estimate of drug-likeness (QED) is 0.105. The number of alkyl halides is 2. The lowest BCUT2D eigenvalue weighted by Gasteiger charge is -2.39. The molecule has 4 N–H and O–H groups in total. The number of benzene rings is 1. The summed E-state index contributed by atoms with van der Waals surface area (Å²) in [5.74, 6) is -4.12. The molecular formula is C34H44F3N5O6S. The second-order valence-electron chi connectivity index (χ2n) is 13.2. The number of nitrogens with zero attached hydrogens (tertiary/aromatic N) is 4. The van der Waals surface area contributed by atoms with Crippen molar-refractivity contribution in [1.29, 1.82) is 0 Å². The Hall–Kier alpha value is -3.69. The number of unbranched alkanes of at least 4 members (excludes halogenated alkanes) is 2. The number of carbonyl (C=O) groups excluding carboxylic acids is 1. The number of fused-ring (bicyclic) bond motifs is 1. The van der Waals surface area contributed by atoms with E-state index in [0.29, 0.717) is 74.6 Å². The summed E-state index contributed by atoms with van der Waals surface area (Å²) in [5, 5.41) is 12.8. The number of piperidine rings is 1. The van der Waals surface area contributed by atoms with Crippen molar-refractivity contribution in [2.75, 3.05) is 29.9 Å². The molecule has 3 aromatic rings. The maximum absolute atomic E-state index is 15.9. The molecule has 0 aliphatic carbocycles. The number of hydrogen-bond donors (Lipinski definition) is 4. The SMILES string of the molecule is CC(Nc1ncnc2c1cc(C1CCS(O)(O)CC1)c(=O)n2CCCCC=O)c1cccc(C(F)(F)CCC2CCN(C(=O)O)CC2)c1F. The molecule has 2 aliphatic heterocycles. The van der Waals surface area contributed by atoms with E-state index in [0.717, 1.165) is 12.4 Å². The van der Waals surface area contributed by atoms with Crippen molar-refractivity contribution in [2.45, 2.75) is 89.1 Å². The molecule has 2 aromatic heterocycles. The van der Waals surface area contributed by atoms with Crippen LogP contribution in [0.25, 0.3) is 11.0 Å². The minimum Gasteiger partial charge on any atom is -0.465 e. The summed E-state index contributed by atoms with van der Waals surface area (Å²) in [7, 11) is -2.69. The highest BCUT2D eigenvalue weighted by atomic mass is 32.3. The molecule has 11 nitrogen and oxygen atoms in total. The molecule has 1 atom stereocenters. The summed E-state index contributed by atoms with van der Waals surface area (Å²) < 4.78 is 68.7. The molecular weight excluding hydrogens is 663 g/mol. The lowest BCUT2D eigenvalue weighted by atomic mass is 9.89. The van der Waals surface area contributed by atoms with Crippen molar-refractivity contribution in [3.05, 3.63) is 63.5 Å². The van der Waals surface area contributed by atoms with Gasteiger partial charge in [-0.3, -0.25) is 18.5 Å². The van der Waals surface area contributed by atoms with Crippen LogP contribution in [0, 0.1) is 11.7 Å². The Bertz CT molecular complexity index is 1710. The van der Waals surface area contributed by atoms with Crippen LogP contribution < -0.4 is 10.9 Å². The first-order chi connectivity index (χ1) is 23.3. The van der Waals surface area contributed by atoms with Crippen molar-refractivity contribution in [1.82, 2.24) is 19.4 Å². The number of aromatic nitrogens is 3. The fourth-order valence-electron chi connectivity index (χ4n) is 6.92. The van der Waals surface area contributed by atoms with E-state index in [9.17, 15) is 23.5 Å². The monoisotopic (exact) mass is 707 g/mol. The summed E-state index contributed by atoms with van der Waals surface area (Å²) in [6, 6.07) is 4.80. The molecule has 0 spiro atoms. The van der Waals surface area contributed by atoms with Gasteiger partial charge >= 0.3 is 6.09 Å². The number of amides is 1. The Kier molecular flexibility index (Phi) is 11.5. The highest BCUT2D eigenvalue weighted by Gasteiger charge is 2.37. The Morgan fingerprint density at radius 1 is 1.14 bits per heavy atom. The second-order valence-corrected chi connectivity index (χ2v) is 15.6. The molecule has 0 saturated carbocycles. The van der Waals surface area contributed by atoms with Crippen molar-refractivity contribution in [3.63, 3.8) is 0 Å². The third kappa shape index (κ3) is 8.55. The molecule has 268 valence electrons. The van der Waals surface area contributed by atoms with E-state index in [2.05, 4.69) is 15.3 Å². The Morgan fingerprint density at radius 3 is 2.53 bits per heavy atom. The third-order valence-electron chi connectivity index (χ3n) is 9.88. The smallest absolute Gasteiger partial charge is 0.407 e. The maximum atomic E-state index is 15.9. The molecule has 0 bridgehead atoms. The number of likely N-dealkylation sites (tertiary alicyclic amines) is 1. The standard InChI is InChI=1S/C34H44F3N5O6S/c1-22(25-6-5-7-28(29(25)35)34(36,37)13-8-23-9-15-41(16-10-23)33(45)46)40-30-27-20-26(24-11-18-49(47,48)19-12-24)32(44)42(14-3-2-4-17-43)31(27)39-21-38-30/h5-7,17,20-24,47-48H,2-4,8-16,18-19H2,1H3,(H,45,46)(H,38,39,40). The van der Waals surface area contributed by atoms with Crippen LogP contribution in [-0.2, 0) is 17.3 Å². The Balaban J connectivity index is 1.40. The van der Waals surface area contributed by atoms with Crippen LogP contribution in [0.4, 0.5) is 23.8 Å². The molecule has 0 radical (unpaired) electrons. The van der Waals surface area contributed by atoms with Gasteiger partial charge in [-0.2, -0.15) is 10.6 Å². The number of hydrogen-bond acceptors (Lipinski definition) is 8. The summed E-state index contributed by atoms with van der Waals surface area (Å²) in [5.41, 5.74) is -0.139. The fraction of sp³-hybridized carbons (Fsp3) is 0.559. The van der Waals surface area contributed by atoms with E-state index >= 15 is 13.2 Å². The molecule has 1 aromatic carbocycles. The van der Waals surface area contributed by atoms with E-state index in [1.165, 1.54) is 27.9 Å². The first kappa shape index (κ1) is 36.6. The van der Waals surface area contributed by atoms with E-state index < -0.39 is 46.4 Å². The lowest BCUT2D eigenvalue weighted by Crippen LogP contribution is -2.37. The number of pyridine rings is 1. The van der Waals surface area contributed by atoms with Gasteiger partial charge in [0.05, 0.1) is 17.0 Å². The fourth-order valence-corrected chi connectivity index (χ4v) is 8.45. The predicted octanol–water partition coefficient (Wildman–Crippen LogP) is 7.36. The predicted molar refractivity (Wildman–Crippen MR) is 182 cm³/mol. The van der Waals surface area contributed by atoms with E-state index in [-0.39, 0.29) is 53.2 Å². The normalized spacial score (nSPS) is 18.7. The minimum atomic E-state index is -3.44. The van der Waals surface area contributed by atoms with Gasteiger partial charge in [-0.1, -0.05) is 18.2 Å². The summed E-state index contributed by atoms with van der Waals surface area (Å²) in [6.07, 6.45) is 3.91. The number of aldehydes is 1. The van der Waals surface area contributed by atoms with Gasteiger partial charge in [0, 0.05) is 55.1 Å². The average molecular weight is 708 g/mol. The molecule has 1 unspecified atom stereocenters. The van der Waals surface area contributed by atoms with Gasteiger partial charge in [0.15, 0.2) is 0 Å². The first-order valence-corrected chi connectivity index (χ1v) is 18.7. The molecule has 2 fully saturated rings. The highest BCUT2D eigenvalue weighted by Crippen LogP contribution is 2.48. The van der Waals surface area contributed by atoms with Gasteiger partial charge in [0.2, 0.25) is 0 Å².